The number of aliphatic hydroxyl groups excluding tert-OH is 1. The third kappa shape index (κ3) is 4.29. The lowest BCUT2D eigenvalue weighted by Gasteiger charge is -2.25. The van der Waals surface area contributed by atoms with Gasteiger partial charge in [0.15, 0.2) is 5.75 Å². The molecule has 1 unspecified atom stereocenters. The van der Waals surface area contributed by atoms with Crippen molar-refractivity contribution in [3.63, 3.8) is 0 Å². The summed E-state index contributed by atoms with van der Waals surface area (Å²) in [6, 6.07) is 13.0. The lowest BCUT2D eigenvalue weighted by Crippen LogP contribution is -2.29. The first-order valence-electron chi connectivity index (χ1n) is 10.5. The van der Waals surface area contributed by atoms with E-state index < -0.39 is 45.7 Å². The van der Waals surface area contributed by atoms with E-state index >= 15 is 0 Å². The van der Waals surface area contributed by atoms with Crippen molar-refractivity contribution in [1.29, 1.82) is 0 Å². The molecule has 4 rings (SSSR count). The maximum Gasteiger partial charge on any atom is 0.311 e. The SMILES string of the molecule is CCOc1ccc(/C(O)=C2/C(=O)C(=O)N(c3ccc(F)cc3)C2c2ccc(O)c([N+](=O)[O-])c2)cc1. The summed E-state index contributed by atoms with van der Waals surface area (Å²) in [4.78, 5) is 37.8. The van der Waals surface area contributed by atoms with E-state index in [2.05, 4.69) is 0 Å². The first kappa shape index (κ1) is 23.4. The molecule has 1 heterocycles. The van der Waals surface area contributed by atoms with Crippen LogP contribution in [0.4, 0.5) is 15.8 Å². The molecule has 1 aliphatic heterocycles. The highest BCUT2D eigenvalue weighted by molar-refractivity contribution is 6.51. The monoisotopic (exact) mass is 478 g/mol. The quantitative estimate of drug-likeness (QED) is 0.176. The van der Waals surface area contributed by atoms with Gasteiger partial charge in [-0.1, -0.05) is 6.07 Å². The van der Waals surface area contributed by atoms with Gasteiger partial charge in [0.25, 0.3) is 11.7 Å². The topological polar surface area (TPSA) is 130 Å². The number of anilines is 1. The van der Waals surface area contributed by atoms with Crippen LogP contribution in [0.25, 0.3) is 5.76 Å². The predicted molar refractivity (Wildman–Crippen MR) is 124 cm³/mol. The van der Waals surface area contributed by atoms with E-state index in [-0.39, 0.29) is 22.4 Å². The first-order chi connectivity index (χ1) is 16.7. The van der Waals surface area contributed by atoms with Crippen molar-refractivity contribution >= 4 is 28.8 Å². The number of ether oxygens (including phenoxy) is 1. The molecule has 1 saturated heterocycles. The zero-order chi connectivity index (χ0) is 25.3. The summed E-state index contributed by atoms with van der Waals surface area (Å²) in [6.45, 7) is 2.23. The molecule has 2 N–H and O–H groups in total. The molecule has 3 aromatic carbocycles. The van der Waals surface area contributed by atoms with E-state index in [0.29, 0.717) is 12.4 Å². The molecule has 1 amide bonds. The molecule has 10 heteroatoms. The number of nitro groups is 1. The van der Waals surface area contributed by atoms with Gasteiger partial charge in [0.1, 0.15) is 17.3 Å². The molecule has 0 radical (unpaired) electrons. The van der Waals surface area contributed by atoms with E-state index in [1.165, 1.54) is 30.3 Å². The fourth-order valence-corrected chi connectivity index (χ4v) is 3.90. The zero-order valence-corrected chi connectivity index (χ0v) is 18.3. The van der Waals surface area contributed by atoms with Crippen LogP contribution in [0, 0.1) is 15.9 Å². The number of aliphatic hydroxyl groups is 1. The predicted octanol–water partition coefficient (Wildman–Crippen LogP) is 4.46. The van der Waals surface area contributed by atoms with Crippen LogP contribution in [0.2, 0.25) is 0 Å². The van der Waals surface area contributed by atoms with Crippen LogP contribution in [-0.4, -0.2) is 33.4 Å². The molecule has 0 saturated carbocycles. The van der Waals surface area contributed by atoms with Gasteiger partial charge < -0.3 is 14.9 Å². The molecule has 1 aliphatic rings. The lowest BCUT2D eigenvalue weighted by molar-refractivity contribution is -0.385. The lowest BCUT2D eigenvalue weighted by atomic mass is 9.94. The number of hydrogen-bond acceptors (Lipinski definition) is 7. The number of nitro benzene ring substituents is 1. The Hall–Kier alpha value is -4.73. The number of hydrogen-bond donors (Lipinski definition) is 2. The average molecular weight is 478 g/mol. The molecule has 178 valence electrons. The van der Waals surface area contributed by atoms with Gasteiger partial charge in [-0.15, -0.1) is 0 Å². The van der Waals surface area contributed by atoms with Gasteiger partial charge in [-0.2, -0.15) is 0 Å². The number of ketones is 1. The van der Waals surface area contributed by atoms with Gasteiger partial charge in [-0.25, -0.2) is 4.39 Å². The smallest absolute Gasteiger partial charge is 0.311 e. The minimum Gasteiger partial charge on any atom is -0.507 e. The van der Waals surface area contributed by atoms with E-state index in [1.54, 1.807) is 12.1 Å². The van der Waals surface area contributed by atoms with Crippen LogP contribution in [0.5, 0.6) is 11.5 Å². The summed E-state index contributed by atoms with van der Waals surface area (Å²) in [5.74, 6) is -3.19. The summed E-state index contributed by atoms with van der Waals surface area (Å²) in [7, 11) is 0. The summed E-state index contributed by atoms with van der Waals surface area (Å²) >= 11 is 0. The number of carbonyl (C=O) groups is 2. The zero-order valence-electron chi connectivity index (χ0n) is 18.3. The van der Waals surface area contributed by atoms with Crippen LogP contribution in [0.3, 0.4) is 0 Å². The van der Waals surface area contributed by atoms with E-state index in [0.717, 1.165) is 29.2 Å². The normalized spacial score (nSPS) is 17.0. The van der Waals surface area contributed by atoms with Crippen molar-refractivity contribution in [2.75, 3.05) is 11.5 Å². The number of rotatable bonds is 6. The molecule has 0 aliphatic carbocycles. The molecule has 1 atom stereocenters. The third-order valence-electron chi connectivity index (χ3n) is 5.50. The number of phenols is 1. The Morgan fingerprint density at radius 3 is 2.34 bits per heavy atom. The highest BCUT2D eigenvalue weighted by Crippen LogP contribution is 2.44. The molecule has 9 nitrogen and oxygen atoms in total. The summed E-state index contributed by atoms with van der Waals surface area (Å²) in [5.41, 5.74) is -0.522. The van der Waals surface area contributed by atoms with Gasteiger partial charge in [0.05, 0.1) is 23.1 Å². The fourth-order valence-electron chi connectivity index (χ4n) is 3.90. The molecule has 0 bridgehead atoms. The van der Waals surface area contributed by atoms with Crippen molar-refractivity contribution in [3.05, 3.63) is 99.4 Å². The van der Waals surface area contributed by atoms with Crippen molar-refractivity contribution < 1.29 is 33.9 Å². The Morgan fingerprint density at radius 2 is 1.74 bits per heavy atom. The van der Waals surface area contributed by atoms with Gasteiger partial charge in [0.2, 0.25) is 0 Å². The van der Waals surface area contributed by atoms with Gasteiger partial charge >= 0.3 is 5.69 Å². The molecule has 0 spiro atoms. The Labute approximate surface area is 198 Å². The maximum atomic E-state index is 13.5. The molecule has 3 aromatic rings. The molecular weight excluding hydrogens is 459 g/mol. The van der Waals surface area contributed by atoms with Crippen LogP contribution in [0.15, 0.2) is 72.3 Å². The van der Waals surface area contributed by atoms with Crippen molar-refractivity contribution in [1.82, 2.24) is 0 Å². The number of aromatic hydroxyl groups is 1. The van der Waals surface area contributed by atoms with Crippen molar-refractivity contribution in [2.45, 2.75) is 13.0 Å². The molecule has 35 heavy (non-hydrogen) atoms. The second-order valence-corrected chi connectivity index (χ2v) is 7.61. The fraction of sp³-hybridized carbons (Fsp3) is 0.120. The number of phenolic OH excluding ortho intramolecular Hbond substituents is 1. The molecular formula is C25H19FN2O7. The summed E-state index contributed by atoms with van der Waals surface area (Å²) < 4.78 is 18.9. The highest BCUT2D eigenvalue weighted by atomic mass is 19.1. The van der Waals surface area contributed by atoms with E-state index in [9.17, 15) is 34.3 Å². The number of amides is 1. The Kier molecular flexibility index (Phi) is 6.20. The van der Waals surface area contributed by atoms with Crippen LogP contribution in [0.1, 0.15) is 24.1 Å². The Balaban J connectivity index is 1.93. The van der Waals surface area contributed by atoms with Gasteiger partial charge in [-0.05, 0) is 67.1 Å². The number of nitrogens with zero attached hydrogens (tertiary/aromatic N) is 2. The second kappa shape index (κ2) is 9.26. The standard InChI is InChI=1S/C25H19FN2O7/c1-2-35-18-10-3-14(4-11-18)23(30)21-22(15-5-12-20(29)19(13-15)28(33)34)27(25(32)24(21)31)17-8-6-16(26)7-9-17/h3-13,22,29-30H,2H2,1H3/b23-21-. The van der Waals surface area contributed by atoms with Crippen molar-refractivity contribution in [3.8, 4) is 11.5 Å². The minimum atomic E-state index is -1.29. The number of Topliss-reactive ketones (excluding diaryl/α,β-unsaturated/α-hetero) is 1. The number of carbonyl (C=O) groups excluding carboxylic acids is 2. The van der Waals surface area contributed by atoms with E-state index in [1.807, 2.05) is 6.92 Å². The highest BCUT2D eigenvalue weighted by Gasteiger charge is 2.47. The van der Waals surface area contributed by atoms with Crippen LogP contribution in [-0.2, 0) is 9.59 Å². The first-order valence-corrected chi connectivity index (χ1v) is 10.5. The maximum absolute atomic E-state index is 13.5. The second-order valence-electron chi connectivity index (χ2n) is 7.61. The largest absolute Gasteiger partial charge is 0.507 e. The minimum absolute atomic E-state index is 0.0884. The molecule has 0 aromatic heterocycles. The van der Waals surface area contributed by atoms with Gasteiger partial charge in [-0.3, -0.25) is 24.6 Å². The van der Waals surface area contributed by atoms with Crippen molar-refractivity contribution in [2.24, 2.45) is 0 Å². The Bertz CT molecular complexity index is 1350. The Morgan fingerprint density at radius 1 is 1.09 bits per heavy atom. The third-order valence-corrected chi connectivity index (χ3v) is 5.50. The molecule has 1 fully saturated rings. The summed E-state index contributed by atoms with van der Waals surface area (Å²) in [6.07, 6.45) is 0. The van der Waals surface area contributed by atoms with E-state index in [4.69, 9.17) is 4.74 Å². The van der Waals surface area contributed by atoms with Crippen LogP contribution >= 0.6 is 0 Å². The van der Waals surface area contributed by atoms with Gasteiger partial charge in [0, 0.05) is 17.3 Å². The number of benzene rings is 3. The summed E-state index contributed by atoms with van der Waals surface area (Å²) in [5, 5.41) is 32.4. The average Bonchev–Trinajstić information content (AvgIpc) is 3.10. The number of halogens is 1. The van der Waals surface area contributed by atoms with Crippen LogP contribution < -0.4 is 9.64 Å².